The summed E-state index contributed by atoms with van der Waals surface area (Å²) in [5.41, 5.74) is 1.97. The molecule has 0 bridgehead atoms. The zero-order valence-electron chi connectivity index (χ0n) is 11.5. The highest BCUT2D eigenvalue weighted by Gasteiger charge is 2.32. The van der Waals surface area contributed by atoms with Gasteiger partial charge in [-0.2, -0.15) is 10.2 Å². The van der Waals surface area contributed by atoms with Gasteiger partial charge in [0.25, 0.3) is 0 Å². The second kappa shape index (κ2) is 5.58. The van der Waals surface area contributed by atoms with Crippen molar-refractivity contribution in [3.05, 3.63) is 35.4 Å². The molecule has 106 valence electrons. The van der Waals surface area contributed by atoms with E-state index in [1.54, 1.807) is 13.3 Å². The van der Waals surface area contributed by atoms with Crippen LogP contribution in [0.4, 0.5) is 0 Å². The minimum Gasteiger partial charge on any atom is -0.467 e. The SMILES string of the molecule is CNC1C(=O)N(CC2=CCCN=N2)CCc2ccoc21. The molecule has 6 heteroatoms. The lowest BCUT2D eigenvalue weighted by Crippen LogP contribution is -2.40. The van der Waals surface area contributed by atoms with Crippen LogP contribution in [0.3, 0.4) is 0 Å². The number of likely N-dealkylation sites (N-methyl/N-ethyl adjacent to an activating group) is 1. The van der Waals surface area contributed by atoms with Crippen molar-refractivity contribution in [2.75, 3.05) is 26.7 Å². The van der Waals surface area contributed by atoms with E-state index in [9.17, 15) is 4.79 Å². The summed E-state index contributed by atoms with van der Waals surface area (Å²) in [4.78, 5) is 14.4. The molecular formula is C14H18N4O2. The van der Waals surface area contributed by atoms with E-state index in [1.165, 1.54) is 0 Å². The van der Waals surface area contributed by atoms with Gasteiger partial charge < -0.3 is 14.6 Å². The molecule has 1 atom stereocenters. The Morgan fingerprint density at radius 2 is 2.45 bits per heavy atom. The normalized spacial score (nSPS) is 22.4. The molecule has 3 heterocycles. The average molecular weight is 274 g/mol. The Kier molecular flexibility index (Phi) is 3.64. The zero-order valence-corrected chi connectivity index (χ0v) is 11.5. The molecule has 1 amide bonds. The first kappa shape index (κ1) is 13.1. The first-order valence-corrected chi connectivity index (χ1v) is 6.88. The molecule has 3 rings (SSSR count). The number of nitrogens with one attached hydrogen (secondary N) is 1. The Morgan fingerprint density at radius 3 is 3.20 bits per heavy atom. The van der Waals surface area contributed by atoms with Gasteiger partial charge in [-0.3, -0.25) is 4.79 Å². The second-order valence-corrected chi connectivity index (χ2v) is 4.99. The zero-order chi connectivity index (χ0) is 13.9. The van der Waals surface area contributed by atoms with E-state index in [2.05, 4.69) is 21.6 Å². The summed E-state index contributed by atoms with van der Waals surface area (Å²) in [5, 5.41) is 11.2. The van der Waals surface area contributed by atoms with Crippen LogP contribution in [0, 0.1) is 0 Å². The van der Waals surface area contributed by atoms with E-state index < -0.39 is 6.04 Å². The standard InChI is InChI=1S/C14H18N4O2/c1-15-12-13-10(5-8-20-13)4-7-18(14(12)19)9-11-3-2-6-16-17-11/h3,5,8,12,15H,2,4,6-7,9H2,1H3. The van der Waals surface area contributed by atoms with E-state index in [-0.39, 0.29) is 5.91 Å². The van der Waals surface area contributed by atoms with Crippen LogP contribution >= 0.6 is 0 Å². The molecule has 1 N–H and O–H groups in total. The molecule has 2 aliphatic heterocycles. The van der Waals surface area contributed by atoms with E-state index >= 15 is 0 Å². The average Bonchev–Trinajstić information content (AvgIpc) is 2.89. The molecule has 0 saturated carbocycles. The first-order chi connectivity index (χ1) is 9.79. The molecule has 1 aromatic rings. The number of carbonyl (C=O) groups is 1. The van der Waals surface area contributed by atoms with Crippen LogP contribution in [0.1, 0.15) is 23.8 Å². The summed E-state index contributed by atoms with van der Waals surface area (Å²) in [6.45, 7) is 1.94. The first-order valence-electron chi connectivity index (χ1n) is 6.88. The van der Waals surface area contributed by atoms with Crippen molar-refractivity contribution in [2.45, 2.75) is 18.9 Å². The number of hydrogen-bond acceptors (Lipinski definition) is 5. The monoisotopic (exact) mass is 274 g/mol. The third kappa shape index (κ3) is 2.38. The third-order valence-electron chi connectivity index (χ3n) is 3.70. The number of nitrogens with zero attached hydrogens (tertiary/aromatic N) is 3. The lowest BCUT2D eigenvalue weighted by Gasteiger charge is -2.24. The summed E-state index contributed by atoms with van der Waals surface area (Å²) >= 11 is 0. The largest absolute Gasteiger partial charge is 0.467 e. The number of carbonyl (C=O) groups excluding carboxylic acids is 1. The summed E-state index contributed by atoms with van der Waals surface area (Å²) in [6, 6.07) is 1.53. The quantitative estimate of drug-likeness (QED) is 0.911. The van der Waals surface area contributed by atoms with Gasteiger partial charge in [0.2, 0.25) is 5.91 Å². The maximum absolute atomic E-state index is 12.6. The number of fused-ring (bicyclic) bond motifs is 1. The van der Waals surface area contributed by atoms with Gasteiger partial charge in [-0.15, -0.1) is 0 Å². The van der Waals surface area contributed by atoms with Gasteiger partial charge in [-0.25, -0.2) is 0 Å². The van der Waals surface area contributed by atoms with Crippen LogP contribution in [0.2, 0.25) is 0 Å². The fraction of sp³-hybridized carbons (Fsp3) is 0.500. The van der Waals surface area contributed by atoms with Crippen LogP contribution in [-0.2, 0) is 11.2 Å². The van der Waals surface area contributed by atoms with Crippen molar-refractivity contribution in [1.82, 2.24) is 10.2 Å². The third-order valence-corrected chi connectivity index (χ3v) is 3.70. The molecule has 6 nitrogen and oxygen atoms in total. The predicted molar refractivity (Wildman–Crippen MR) is 73.2 cm³/mol. The topological polar surface area (TPSA) is 70.2 Å². The second-order valence-electron chi connectivity index (χ2n) is 4.99. The van der Waals surface area contributed by atoms with E-state index in [1.807, 2.05) is 11.0 Å². The summed E-state index contributed by atoms with van der Waals surface area (Å²) in [6.07, 6.45) is 5.41. The molecule has 1 unspecified atom stereocenters. The number of hydrogen-bond donors (Lipinski definition) is 1. The minimum absolute atomic E-state index is 0.0304. The molecule has 2 aliphatic rings. The number of azo groups is 1. The van der Waals surface area contributed by atoms with Gasteiger partial charge in [-0.05, 0) is 31.5 Å². The molecule has 0 radical (unpaired) electrons. The highest BCUT2D eigenvalue weighted by Crippen LogP contribution is 2.26. The van der Waals surface area contributed by atoms with Gasteiger partial charge in [0.05, 0.1) is 25.0 Å². The molecule has 1 aromatic heterocycles. The van der Waals surface area contributed by atoms with Gasteiger partial charge in [0.15, 0.2) is 0 Å². The lowest BCUT2D eigenvalue weighted by molar-refractivity contribution is -0.133. The van der Waals surface area contributed by atoms with Crippen molar-refractivity contribution >= 4 is 5.91 Å². The molecule has 0 saturated heterocycles. The molecule has 0 fully saturated rings. The lowest BCUT2D eigenvalue weighted by atomic mass is 10.1. The Bertz CT molecular complexity index is 561. The van der Waals surface area contributed by atoms with Gasteiger partial charge in [0, 0.05) is 6.54 Å². The van der Waals surface area contributed by atoms with Crippen LogP contribution in [-0.4, -0.2) is 37.5 Å². The molecule has 0 aliphatic carbocycles. The maximum atomic E-state index is 12.6. The van der Waals surface area contributed by atoms with E-state index in [0.717, 1.165) is 36.4 Å². The van der Waals surface area contributed by atoms with Crippen molar-refractivity contribution in [2.24, 2.45) is 10.2 Å². The smallest absolute Gasteiger partial charge is 0.247 e. The molecule has 0 spiro atoms. The number of amides is 1. The number of rotatable bonds is 3. The molecule has 0 aromatic carbocycles. The van der Waals surface area contributed by atoms with Crippen LogP contribution in [0.25, 0.3) is 0 Å². The van der Waals surface area contributed by atoms with Crippen molar-refractivity contribution < 1.29 is 9.21 Å². The van der Waals surface area contributed by atoms with Crippen molar-refractivity contribution in [3.8, 4) is 0 Å². The van der Waals surface area contributed by atoms with Crippen LogP contribution in [0.5, 0.6) is 0 Å². The Morgan fingerprint density at radius 1 is 1.55 bits per heavy atom. The Balaban J connectivity index is 1.80. The maximum Gasteiger partial charge on any atom is 0.247 e. The van der Waals surface area contributed by atoms with Gasteiger partial charge >= 0.3 is 0 Å². The highest BCUT2D eigenvalue weighted by molar-refractivity contribution is 5.83. The Hall–Kier alpha value is -1.95. The van der Waals surface area contributed by atoms with Crippen LogP contribution in [0.15, 0.2) is 38.7 Å². The summed E-state index contributed by atoms with van der Waals surface area (Å²) in [7, 11) is 1.78. The summed E-state index contributed by atoms with van der Waals surface area (Å²) in [5.74, 6) is 0.766. The van der Waals surface area contributed by atoms with E-state index in [0.29, 0.717) is 13.1 Å². The highest BCUT2D eigenvalue weighted by atomic mass is 16.3. The van der Waals surface area contributed by atoms with Gasteiger partial charge in [-0.1, -0.05) is 6.08 Å². The van der Waals surface area contributed by atoms with Crippen molar-refractivity contribution in [1.29, 1.82) is 0 Å². The van der Waals surface area contributed by atoms with Gasteiger partial charge in [0.1, 0.15) is 11.8 Å². The number of furan rings is 1. The Labute approximate surface area is 117 Å². The van der Waals surface area contributed by atoms with E-state index in [4.69, 9.17) is 4.42 Å². The minimum atomic E-state index is -0.413. The molecule has 20 heavy (non-hydrogen) atoms. The predicted octanol–water partition coefficient (Wildman–Crippen LogP) is 1.66. The summed E-state index contributed by atoms with van der Waals surface area (Å²) < 4.78 is 5.48. The fourth-order valence-electron chi connectivity index (χ4n) is 2.64. The fourth-order valence-corrected chi connectivity index (χ4v) is 2.64. The van der Waals surface area contributed by atoms with Crippen molar-refractivity contribution in [3.63, 3.8) is 0 Å². The van der Waals surface area contributed by atoms with Crippen LogP contribution < -0.4 is 5.32 Å². The molecular weight excluding hydrogens is 256 g/mol.